The van der Waals surface area contributed by atoms with Gasteiger partial charge in [0.2, 0.25) is 0 Å². The fourth-order valence-electron chi connectivity index (χ4n) is 2.93. The summed E-state index contributed by atoms with van der Waals surface area (Å²) in [4.78, 5) is 28.2. The number of piperazine rings is 1. The molecule has 2 heterocycles. The number of hydrogen-bond donors (Lipinski definition) is 1. The topological polar surface area (TPSA) is 61.9 Å². The highest BCUT2D eigenvalue weighted by Gasteiger charge is 2.24. The quantitative estimate of drug-likeness (QED) is 0.804. The monoisotopic (exact) mass is 393 g/mol. The lowest BCUT2D eigenvalue weighted by molar-refractivity contribution is 0.0602. The lowest BCUT2D eigenvalue weighted by Gasteiger charge is -2.36. The number of anilines is 2. The minimum absolute atomic E-state index is 0.208. The summed E-state index contributed by atoms with van der Waals surface area (Å²) in [6.45, 7) is 4.69. The van der Waals surface area contributed by atoms with E-state index in [9.17, 15) is 9.59 Å². The molecule has 0 aliphatic carbocycles. The van der Waals surface area contributed by atoms with Crippen LogP contribution in [-0.4, -0.2) is 50.2 Å². The highest BCUT2D eigenvalue weighted by Crippen LogP contribution is 2.27. The van der Waals surface area contributed by atoms with Crippen LogP contribution in [0.15, 0.2) is 29.6 Å². The predicted octanol–water partition coefficient (Wildman–Crippen LogP) is 3.85. The van der Waals surface area contributed by atoms with E-state index in [1.54, 1.807) is 16.3 Å². The highest BCUT2D eigenvalue weighted by atomic mass is 35.5. The maximum absolute atomic E-state index is 12.5. The number of urea groups is 1. The molecule has 3 rings (SSSR count). The molecule has 0 radical (unpaired) electrons. The molecule has 2 aromatic rings. The van der Waals surface area contributed by atoms with Gasteiger partial charge >= 0.3 is 12.0 Å². The van der Waals surface area contributed by atoms with Gasteiger partial charge in [0.05, 0.1) is 12.7 Å². The summed E-state index contributed by atoms with van der Waals surface area (Å²) in [7, 11) is 1.32. The van der Waals surface area contributed by atoms with Crippen molar-refractivity contribution in [2.75, 3.05) is 43.5 Å². The lowest BCUT2D eigenvalue weighted by atomic mass is 10.1. The molecule has 1 aromatic carbocycles. The first kappa shape index (κ1) is 18.5. The Morgan fingerprint density at radius 2 is 1.92 bits per heavy atom. The van der Waals surface area contributed by atoms with Crippen LogP contribution >= 0.6 is 22.9 Å². The van der Waals surface area contributed by atoms with Gasteiger partial charge in [-0.2, -0.15) is 0 Å². The fourth-order valence-corrected chi connectivity index (χ4v) is 3.86. The van der Waals surface area contributed by atoms with Crippen molar-refractivity contribution in [1.29, 1.82) is 0 Å². The second-order valence-electron chi connectivity index (χ2n) is 5.99. The predicted molar refractivity (Wildman–Crippen MR) is 105 cm³/mol. The minimum Gasteiger partial charge on any atom is -0.465 e. The Morgan fingerprint density at radius 3 is 2.62 bits per heavy atom. The van der Waals surface area contributed by atoms with Crippen molar-refractivity contribution in [1.82, 2.24) is 4.90 Å². The van der Waals surface area contributed by atoms with E-state index >= 15 is 0 Å². The van der Waals surface area contributed by atoms with Crippen molar-refractivity contribution in [3.05, 3.63) is 45.8 Å². The zero-order valence-electron chi connectivity index (χ0n) is 14.6. The van der Waals surface area contributed by atoms with E-state index in [-0.39, 0.29) is 6.03 Å². The second kappa shape index (κ2) is 7.97. The Balaban J connectivity index is 1.61. The molecule has 0 atom stereocenters. The van der Waals surface area contributed by atoms with E-state index in [0.717, 1.165) is 24.3 Å². The van der Waals surface area contributed by atoms with Gasteiger partial charge in [0, 0.05) is 36.9 Å². The van der Waals surface area contributed by atoms with Crippen LogP contribution in [0.25, 0.3) is 0 Å². The van der Waals surface area contributed by atoms with Crippen molar-refractivity contribution in [2.45, 2.75) is 6.92 Å². The van der Waals surface area contributed by atoms with Crippen molar-refractivity contribution in [3.63, 3.8) is 0 Å². The lowest BCUT2D eigenvalue weighted by Crippen LogP contribution is -2.50. The first-order chi connectivity index (χ1) is 12.5. The van der Waals surface area contributed by atoms with E-state index in [1.807, 2.05) is 18.2 Å². The normalized spacial score (nSPS) is 14.3. The van der Waals surface area contributed by atoms with Crippen LogP contribution in [0.5, 0.6) is 0 Å². The Kier molecular flexibility index (Phi) is 5.68. The molecule has 8 heteroatoms. The summed E-state index contributed by atoms with van der Waals surface area (Å²) in [6.07, 6.45) is 0. The van der Waals surface area contributed by atoms with Gasteiger partial charge < -0.3 is 14.5 Å². The van der Waals surface area contributed by atoms with E-state index in [0.29, 0.717) is 28.7 Å². The molecule has 0 saturated carbocycles. The smallest absolute Gasteiger partial charge is 0.340 e. The second-order valence-corrected chi connectivity index (χ2v) is 7.34. The number of carbonyl (C=O) groups is 2. The Morgan fingerprint density at radius 1 is 1.19 bits per heavy atom. The molecule has 1 aromatic heterocycles. The standard InChI is InChI=1S/C18H20ClN3O3S/c1-12-3-4-13(19)11-15(12)21-6-8-22(9-7-21)18(24)20-16-14(5-10-26-16)17(23)25-2/h3-5,10-11H,6-9H2,1-2H3,(H,20,24). The maximum Gasteiger partial charge on any atom is 0.340 e. The molecule has 1 N–H and O–H groups in total. The Bertz CT molecular complexity index is 816. The minimum atomic E-state index is -0.456. The number of ether oxygens (including phenoxy) is 1. The number of amides is 2. The van der Waals surface area contributed by atoms with E-state index in [1.165, 1.54) is 18.4 Å². The van der Waals surface area contributed by atoms with Gasteiger partial charge in [-0.1, -0.05) is 17.7 Å². The molecule has 6 nitrogen and oxygen atoms in total. The van der Waals surface area contributed by atoms with E-state index in [2.05, 4.69) is 17.1 Å². The molecule has 26 heavy (non-hydrogen) atoms. The summed E-state index contributed by atoms with van der Waals surface area (Å²) in [5, 5.41) is 5.78. The third kappa shape index (κ3) is 3.94. The Labute approximate surface area is 161 Å². The number of nitrogens with one attached hydrogen (secondary N) is 1. The molecule has 0 spiro atoms. The van der Waals surface area contributed by atoms with Gasteiger partial charge in [0.25, 0.3) is 0 Å². The van der Waals surface area contributed by atoms with Gasteiger partial charge in [0.15, 0.2) is 0 Å². The van der Waals surface area contributed by atoms with E-state index in [4.69, 9.17) is 16.3 Å². The zero-order valence-corrected chi connectivity index (χ0v) is 16.2. The highest BCUT2D eigenvalue weighted by molar-refractivity contribution is 7.14. The van der Waals surface area contributed by atoms with Crippen molar-refractivity contribution in [2.24, 2.45) is 0 Å². The third-order valence-electron chi connectivity index (χ3n) is 4.37. The molecule has 138 valence electrons. The largest absolute Gasteiger partial charge is 0.465 e. The van der Waals surface area contributed by atoms with Crippen LogP contribution in [0.3, 0.4) is 0 Å². The van der Waals surface area contributed by atoms with Crippen molar-refractivity contribution in [3.8, 4) is 0 Å². The van der Waals surface area contributed by atoms with Crippen molar-refractivity contribution < 1.29 is 14.3 Å². The molecule has 2 amide bonds. The number of benzene rings is 1. The molecule has 1 fully saturated rings. The summed E-state index contributed by atoms with van der Waals surface area (Å²) in [5.41, 5.74) is 2.64. The first-order valence-electron chi connectivity index (χ1n) is 8.22. The Hall–Kier alpha value is -2.25. The average molecular weight is 394 g/mol. The van der Waals surface area contributed by atoms with Gasteiger partial charge in [0.1, 0.15) is 5.00 Å². The fraction of sp³-hybridized carbons (Fsp3) is 0.333. The number of hydrogen-bond acceptors (Lipinski definition) is 5. The van der Waals surface area contributed by atoms with Gasteiger partial charge in [-0.3, -0.25) is 5.32 Å². The number of methoxy groups -OCH3 is 1. The van der Waals surface area contributed by atoms with Crippen LogP contribution in [0, 0.1) is 6.92 Å². The number of esters is 1. The van der Waals surface area contributed by atoms with Crippen LogP contribution < -0.4 is 10.2 Å². The maximum atomic E-state index is 12.5. The summed E-state index contributed by atoms with van der Waals surface area (Å²) < 4.78 is 4.73. The molecule has 0 bridgehead atoms. The van der Waals surface area contributed by atoms with Crippen molar-refractivity contribution >= 4 is 45.6 Å². The van der Waals surface area contributed by atoms with Crippen LogP contribution in [-0.2, 0) is 4.74 Å². The molecule has 1 aliphatic heterocycles. The number of aryl methyl sites for hydroxylation is 1. The molecule has 0 unspecified atom stereocenters. The van der Waals surface area contributed by atoms with Crippen LogP contribution in [0.1, 0.15) is 15.9 Å². The zero-order chi connectivity index (χ0) is 18.7. The van der Waals surface area contributed by atoms with Gasteiger partial charge in [-0.25, -0.2) is 9.59 Å². The summed E-state index contributed by atoms with van der Waals surface area (Å²) >= 11 is 7.41. The summed E-state index contributed by atoms with van der Waals surface area (Å²) in [6, 6.07) is 7.28. The number of nitrogens with zero attached hydrogens (tertiary/aromatic N) is 2. The molecule has 1 saturated heterocycles. The molecular weight excluding hydrogens is 374 g/mol. The molecular formula is C18H20ClN3O3S. The molecule has 1 aliphatic rings. The SMILES string of the molecule is COC(=O)c1ccsc1NC(=O)N1CCN(c2cc(Cl)ccc2C)CC1. The number of halogens is 1. The number of thiophene rings is 1. The van der Waals surface area contributed by atoms with E-state index < -0.39 is 5.97 Å². The van der Waals surface area contributed by atoms with Crippen LogP contribution in [0.2, 0.25) is 5.02 Å². The third-order valence-corrected chi connectivity index (χ3v) is 5.43. The number of rotatable bonds is 3. The van der Waals surface area contributed by atoms with Gasteiger partial charge in [-0.05, 0) is 36.1 Å². The number of carbonyl (C=O) groups excluding carboxylic acids is 2. The average Bonchev–Trinajstić information content (AvgIpc) is 3.11. The summed E-state index contributed by atoms with van der Waals surface area (Å²) in [5.74, 6) is -0.456. The van der Waals surface area contributed by atoms with Crippen LogP contribution in [0.4, 0.5) is 15.5 Å². The first-order valence-corrected chi connectivity index (χ1v) is 9.48. The van der Waals surface area contributed by atoms with Gasteiger partial charge in [-0.15, -0.1) is 11.3 Å².